The molecule has 1 rings (SSSR count). The summed E-state index contributed by atoms with van der Waals surface area (Å²) in [6, 6.07) is 0. The maximum absolute atomic E-state index is 5.20. The number of hydrogen-bond acceptors (Lipinski definition) is 4. The van der Waals surface area contributed by atoms with Crippen molar-refractivity contribution in [1.29, 1.82) is 0 Å². The van der Waals surface area contributed by atoms with E-state index in [4.69, 9.17) is 10.5 Å². The number of nitrogens with two attached hydrogens (primary N) is 1. The lowest BCUT2D eigenvalue weighted by molar-refractivity contribution is 0.296. The molecule has 0 aromatic rings. The molecule has 0 fully saturated rings. The van der Waals surface area contributed by atoms with Crippen molar-refractivity contribution in [2.24, 2.45) is 5.73 Å². The highest BCUT2D eigenvalue weighted by atomic mass is 35.5. The van der Waals surface area contributed by atoms with Crippen LogP contribution in [0.1, 0.15) is 25.7 Å². The van der Waals surface area contributed by atoms with Crippen LogP contribution in [0.25, 0.3) is 0 Å². The summed E-state index contributed by atoms with van der Waals surface area (Å²) in [5.74, 6) is 0. The van der Waals surface area contributed by atoms with Crippen LogP contribution in [0, 0.1) is 0 Å². The van der Waals surface area contributed by atoms with Gasteiger partial charge in [0.25, 0.3) is 5.17 Å². The van der Waals surface area contributed by atoms with E-state index in [-0.39, 0.29) is 17.6 Å². The van der Waals surface area contributed by atoms with Crippen LogP contribution in [0.2, 0.25) is 0 Å². The Labute approximate surface area is 111 Å². The predicted molar refractivity (Wildman–Crippen MR) is 76.6 cm³/mol. The van der Waals surface area contributed by atoms with E-state index in [2.05, 4.69) is 23.7 Å². The quantitative estimate of drug-likeness (QED) is 0.459. The number of thiocarbonyl (C=S) groups is 1. The van der Waals surface area contributed by atoms with Crippen LogP contribution in [0.5, 0.6) is 0 Å². The lowest BCUT2D eigenvalue weighted by Crippen LogP contribution is -2.13. The minimum atomic E-state index is 0. The van der Waals surface area contributed by atoms with Gasteiger partial charge in [0.1, 0.15) is 0 Å². The average Bonchev–Trinajstić information content (AvgIpc) is 2.63. The third-order valence-corrected chi connectivity index (χ3v) is 4.45. The minimum Gasteiger partial charge on any atom is -0.471 e. The van der Waals surface area contributed by atoms with Gasteiger partial charge in [-0.3, -0.25) is 0 Å². The smallest absolute Gasteiger partial charge is 0.253 e. The Balaban J connectivity index is 0.00000196. The number of hydrogen-bond donors (Lipinski definition) is 1. The molecule has 6 heteroatoms. The Morgan fingerprint density at radius 3 is 2.80 bits per heavy atom. The van der Waals surface area contributed by atoms with Crippen molar-refractivity contribution in [1.82, 2.24) is 0 Å². The van der Waals surface area contributed by atoms with Gasteiger partial charge in [-0.15, -0.1) is 12.4 Å². The molecule has 1 aliphatic rings. The van der Waals surface area contributed by atoms with Crippen LogP contribution in [-0.4, -0.2) is 17.0 Å². The summed E-state index contributed by atoms with van der Waals surface area (Å²) in [7, 11) is 3.78. The first-order chi connectivity index (χ1) is 6.79. The summed E-state index contributed by atoms with van der Waals surface area (Å²) < 4.78 is 5.00. The van der Waals surface area contributed by atoms with Crippen molar-refractivity contribution < 1.29 is 4.74 Å². The lowest BCUT2D eigenvalue weighted by atomic mass is 10.1. The molecule has 0 saturated carbocycles. The van der Waals surface area contributed by atoms with Crippen LogP contribution in [0.15, 0.2) is 11.5 Å². The molecule has 0 spiro atoms. The summed E-state index contributed by atoms with van der Waals surface area (Å²) in [5.41, 5.74) is 5.20. The molecule has 0 aliphatic carbocycles. The first-order valence-electron chi connectivity index (χ1n) is 4.70. The fourth-order valence-corrected chi connectivity index (χ4v) is 3.54. The molecule has 0 aromatic heterocycles. The van der Waals surface area contributed by atoms with Crippen molar-refractivity contribution in [2.75, 3.05) is 6.61 Å². The topological polar surface area (TPSA) is 35.2 Å². The fraction of sp³-hybridized carbons (Fsp3) is 0.667. The molecule has 1 atom stereocenters. The minimum absolute atomic E-state index is 0. The van der Waals surface area contributed by atoms with E-state index in [0.717, 1.165) is 11.7 Å². The molecule has 2 nitrogen and oxygen atoms in total. The second kappa shape index (κ2) is 9.63. The molecule has 0 radical (unpaired) electrons. The Kier molecular flexibility index (Phi) is 9.90. The number of unbranched alkanes of at least 4 members (excludes halogenated alkanes) is 2. The summed E-state index contributed by atoms with van der Waals surface area (Å²) in [4.78, 5) is 0. The van der Waals surface area contributed by atoms with Crippen LogP contribution < -0.4 is 5.73 Å². The summed E-state index contributed by atoms with van der Waals surface area (Å²) >= 11 is 4.60. The molecule has 0 saturated heterocycles. The molecule has 2 N–H and O–H groups in total. The SMILES string of the molecule is Cl.NC(=S)OCCCCC[C@H]1C=CSS1. The maximum Gasteiger partial charge on any atom is 0.253 e. The van der Waals surface area contributed by atoms with E-state index < -0.39 is 0 Å². The molecule has 88 valence electrons. The van der Waals surface area contributed by atoms with Crippen LogP contribution in [-0.2, 0) is 4.74 Å². The average molecular weight is 286 g/mol. The van der Waals surface area contributed by atoms with Gasteiger partial charge in [0.15, 0.2) is 0 Å². The molecule has 0 amide bonds. The first-order valence-corrected chi connectivity index (χ1v) is 7.38. The van der Waals surface area contributed by atoms with Gasteiger partial charge >= 0.3 is 0 Å². The number of ether oxygens (including phenoxy) is 1. The molecule has 1 heterocycles. The van der Waals surface area contributed by atoms with Gasteiger partial charge in [-0.05, 0) is 30.5 Å². The molecule has 0 aromatic carbocycles. The number of rotatable bonds is 6. The van der Waals surface area contributed by atoms with Crippen LogP contribution in [0.4, 0.5) is 0 Å². The standard InChI is InChI=1S/C9H15NOS3.ClH/c10-9(12)11-6-3-1-2-4-8-5-7-13-14-8;/h5,7-8H,1-4,6H2,(H2,10,12);1H/t8-;/m0./s1. The van der Waals surface area contributed by atoms with Crippen LogP contribution >= 0.6 is 46.2 Å². The van der Waals surface area contributed by atoms with Crippen molar-refractivity contribution in [2.45, 2.75) is 30.9 Å². The van der Waals surface area contributed by atoms with E-state index >= 15 is 0 Å². The van der Waals surface area contributed by atoms with E-state index in [1.165, 1.54) is 19.3 Å². The van der Waals surface area contributed by atoms with E-state index in [9.17, 15) is 0 Å². The third kappa shape index (κ3) is 8.25. The lowest BCUT2D eigenvalue weighted by Gasteiger charge is -2.06. The molecule has 0 unspecified atom stereocenters. The van der Waals surface area contributed by atoms with Gasteiger partial charge < -0.3 is 10.5 Å². The van der Waals surface area contributed by atoms with E-state index in [0.29, 0.717) is 6.61 Å². The van der Waals surface area contributed by atoms with Gasteiger partial charge in [-0.2, -0.15) is 0 Å². The largest absolute Gasteiger partial charge is 0.471 e. The summed E-state index contributed by atoms with van der Waals surface area (Å²) in [6.45, 7) is 0.664. The van der Waals surface area contributed by atoms with Gasteiger partial charge in [-0.25, -0.2) is 0 Å². The normalized spacial score (nSPS) is 18.5. The Morgan fingerprint density at radius 2 is 2.20 bits per heavy atom. The summed E-state index contributed by atoms with van der Waals surface area (Å²) in [5, 5.41) is 3.05. The fourth-order valence-electron chi connectivity index (χ4n) is 1.20. The molecule has 1 aliphatic heterocycles. The van der Waals surface area contributed by atoms with Gasteiger partial charge in [0.05, 0.1) is 6.61 Å². The maximum atomic E-state index is 5.20. The predicted octanol–water partition coefficient (Wildman–Crippen LogP) is 3.51. The number of halogens is 1. The molecular formula is C9H16ClNOS3. The van der Waals surface area contributed by atoms with Gasteiger partial charge in [0.2, 0.25) is 0 Å². The van der Waals surface area contributed by atoms with E-state index in [1.54, 1.807) is 0 Å². The summed E-state index contributed by atoms with van der Waals surface area (Å²) in [6.07, 6.45) is 7.04. The highest BCUT2D eigenvalue weighted by Gasteiger charge is 2.09. The van der Waals surface area contributed by atoms with Crippen molar-refractivity contribution in [3.63, 3.8) is 0 Å². The Hall–Kier alpha value is 0.420. The highest BCUT2D eigenvalue weighted by Crippen LogP contribution is 2.37. The van der Waals surface area contributed by atoms with Gasteiger partial charge in [0, 0.05) is 5.25 Å². The van der Waals surface area contributed by atoms with Gasteiger partial charge in [-0.1, -0.05) is 40.5 Å². The first kappa shape index (κ1) is 15.4. The molecule has 0 bridgehead atoms. The second-order valence-electron chi connectivity index (χ2n) is 3.08. The second-order valence-corrected chi connectivity index (χ2v) is 5.90. The Morgan fingerprint density at radius 1 is 1.40 bits per heavy atom. The van der Waals surface area contributed by atoms with E-state index in [1.807, 2.05) is 21.6 Å². The Bertz CT molecular complexity index is 214. The molecule has 15 heavy (non-hydrogen) atoms. The van der Waals surface area contributed by atoms with Crippen LogP contribution in [0.3, 0.4) is 0 Å². The zero-order valence-electron chi connectivity index (χ0n) is 8.39. The van der Waals surface area contributed by atoms with Crippen molar-refractivity contribution in [3.8, 4) is 0 Å². The molecular weight excluding hydrogens is 270 g/mol. The zero-order chi connectivity index (χ0) is 10.2. The van der Waals surface area contributed by atoms with Crippen molar-refractivity contribution >= 4 is 51.4 Å². The van der Waals surface area contributed by atoms with Crippen molar-refractivity contribution in [3.05, 3.63) is 11.5 Å². The third-order valence-electron chi connectivity index (χ3n) is 1.91. The highest BCUT2D eigenvalue weighted by molar-refractivity contribution is 8.78. The monoisotopic (exact) mass is 285 g/mol. The zero-order valence-corrected chi connectivity index (χ0v) is 11.7.